The van der Waals surface area contributed by atoms with Gasteiger partial charge in [-0.15, -0.1) is 0 Å². The van der Waals surface area contributed by atoms with Gasteiger partial charge in [0.2, 0.25) is 5.91 Å². The summed E-state index contributed by atoms with van der Waals surface area (Å²) in [6.07, 6.45) is -13.5. The molecule has 238 valence electrons. The van der Waals surface area contributed by atoms with Crippen LogP contribution in [0.1, 0.15) is 62.6 Å². The molecule has 15 heteroatoms. The number of benzene rings is 2. The largest absolute Gasteiger partial charge is 0.481 e. The lowest BCUT2D eigenvalue weighted by atomic mass is 9.76. The summed E-state index contributed by atoms with van der Waals surface area (Å²) in [7, 11) is -4.69. The lowest BCUT2D eigenvalue weighted by molar-refractivity contribution is -0.348. The number of likely N-dealkylation sites (tertiary alicyclic amines) is 1. The maximum absolute atomic E-state index is 14.8. The van der Waals surface area contributed by atoms with E-state index in [-0.39, 0.29) is 43.0 Å². The van der Waals surface area contributed by atoms with Gasteiger partial charge in [-0.05, 0) is 48.6 Å². The summed E-state index contributed by atoms with van der Waals surface area (Å²) in [6.45, 7) is 4.01. The van der Waals surface area contributed by atoms with Gasteiger partial charge in [0.25, 0.3) is 0 Å². The summed E-state index contributed by atoms with van der Waals surface area (Å²) in [4.78, 5) is 24.4. The van der Waals surface area contributed by atoms with E-state index in [0.29, 0.717) is 18.2 Å². The molecule has 1 N–H and O–H groups in total. The number of hydrogen-bond donors (Lipinski definition) is 1. The average Bonchev–Trinajstić information content (AvgIpc) is 3.32. The van der Waals surface area contributed by atoms with Crippen molar-refractivity contribution < 1.29 is 58.2 Å². The Morgan fingerprint density at radius 1 is 0.977 bits per heavy atom. The molecule has 2 aromatic carbocycles. The number of nitrogens with zero attached hydrogens (tertiary/aromatic N) is 1. The van der Waals surface area contributed by atoms with E-state index < -0.39 is 79.6 Å². The number of hydrogen-bond acceptors (Lipinski definition) is 4. The summed E-state index contributed by atoms with van der Waals surface area (Å²) >= 11 is 0. The Balaban J connectivity index is 0.00000162. The van der Waals surface area contributed by atoms with Crippen LogP contribution in [0.3, 0.4) is 0 Å². The van der Waals surface area contributed by atoms with Crippen molar-refractivity contribution in [3.05, 3.63) is 65.0 Å². The predicted molar refractivity (Wildman–Crippen MR) is 138 cm³/mol. The molecule has 2 aliphatic rings. The number of alkyl halides is 7. The van der Waals surface area contributed by atoms with Crippen LogP contribution < -0.4 is 0 Å². The minimum atomic E-state index is -6.39. The molecule has 0 radical (unpaired) electrons. The van der Waals surface area contributed by atoms with Crippen molar-refractivity contribution in [1.29, 1.82) is 0 Å². The topological polar surface area (TPSA) is 91.8 Å². The van der Waals surface area contributed by atoms with Crippen molar-refractivity contribution in [2.24, 2.45) is 0 Å². The molecule has 2 atom stereocenters. The van der Waals surface area contributed by atoms with E-state index >= 15 is 0 Å². The minimum Gasteiger partial charge on any atom is -0.481 e. The van der Waals surface area contributed by atoms with Crippen molar-refractivity contribution >= 4 is 21.7 Å². The van der Waals surface area contributed by atoms with Gasteiger partial charge >= 0.3 is 24.0 Å². The number of sulfone groups is 1. The van der Waals surface area contributed by atoms with Gasteiger partial charge in [0.1, 0.15) is 10.6 Å². The van der Waals surface area contributed by atoms with Crippen LogP contribution in [-0.2, 0) is 36.3 Å². The number of carbonyl (C=O) groups excluding carboxylic acids is 1. The molecule has 2 unspecified atom stereocenters. The Morgan fingerprint density at radius 3 is 2.12 bits per heavy atom. The number of carboxylic acids is 1. The van der Waals surface area contributed by atoms with Gasteiger partial charge in [0.15, 0.2) is 9.84 Å². The van der Waals surface area contributed by atoms with E-state index in [1.165, 1.54) is 6.42 Å². The Morgan fingerprint density at radius 2 is 1.58 bits per heavy atom. The molecule has 1 amide bonds. The highest BCUT2D eigenvalue weighted by Gasteiger charge is 2.73. The summed E-state index contributed by atoms with van der Waals surface area (Å²) in [6, 6.07) is 3.84. The fraction of sp³-hybridized carbons (Fsp3) is 0.500. The molecule has 0 saturated carbocycles. The number of aryl methyl sites for hydroxylation is 1. The number of amides is 1. The number of halogens is 8. The molecule has 43 heavy (non-hydrogen) atoms. The van der Waals surface area contributed by atoms with E-state index in [9.17, 15) is 53.1 Å². The maximum Gasteiger partial charge on any atom is 0.435 e. The van der Waals surface area contributed by atoms with E-state index in [1.807, 2.05) is 0 Å². The van der Waals surface area contributed by atoms with Crippen LogP contribution >= 0.6 is 0 Å². The van der Waals surface area contributed by atoms with Crippen molar-refractivity contribution in [1.82, 2.24) is 4.90 Å². The third kappa shape index (κ3) is 5.84. The zero-order chi connectivity index (χ0) is 32.6. The third-order valence-electron chi connectivity index (χ3n) is 7.52. The van der Waals surface area contributed by atoms with Gasteiger partial charge in [-0.3, -0.25) is 9.59 Å². The first kappa shape index (κ1) is 34.3. The molecule has 1 saturated heterocycles. The monoisotopic (exact) mass is 643 g/mol. The molecule has 4 rings (SSSR count). The van der Waals surface area contributed by atoms with Crippen molar-refractivity contribution in [2.75, 3.05) is 6.54 Å². The summed E-state index contributed by atoms with van der Waals surface area (Å²) in [5.74, 6) is -2.96. The van der Waals surface area contributed by atoms with Crippen LogP contribution in [0.15, 0.2) is 47.4 Å². The molecule has 2 aromatic rings. The van der Waals surface area contributed by atoms with Crippen molar-refractivity contribution in [3.63, 3.8) is 0 Å². The quantitative estimate of drug-likeness (QED) is 0.358. The Labute approximate surface area is 242 Å². The summed E-state index contributed by atoms with van der Waals surface area (Å²) in [5, 5.41) is 8.94. The zero-order valence-electron chi connectivity index (χ0n) is 23.0. The number of aliphatic carboxylic acids is 1. The van der Waals surface area contributed by atoms with Crippen molar-refractivity contribution in [3.8, 4) is 0 Å². The molecular weight excluding hydrogens is 614 g/mol. The predicted octanol–water partition coefficient (Wildman–Crippen LogP) is 6.61. The van der Waals surface area contributed by atoms with Gasteiger partial charge in [-0.2, -0.15) is 26.3 Å². The fourth-order valence-corrected chi connectivity index (χ4v) is 8.13. The Kier molecular flexibility index (Phi) is 9.60. The SMILES string of the molecule is CCC.O=C(O)CCC(=O)N1CCC2(S(=O)(=O)c3cccc(F)c3)c3ccc(C(F)(C(F)(F)F)C(F)(F)F)cc3CCC12. The second kappa shape index (κ2) is 12.0. The molecular formula is C28H29F8NO5S. The molecule has 1 heterocycles. The Bertz CT molecular complexity index is 1460. The van der Waals surface area contributed by atoms with E-state index in [1.54, 1.807) is 0 Å². The molecule has 6 nitrogen and oxygen atoms in total. The van der Waals surface area contributed by atoms with Gasteiger partial charge in [-0.25, -0.2) is 17.2 Å². The Hall–Kier alpha value is -3.23. The van der Waals surface area contributed by atoms with Gasteiger partial charge in [-0.1, -0.05) is 44.5 Å². The van der Waals surface area contributed by atoms with E-state index in [4.69, 9.17) is 5.11 Å². The third-order valence-corrected chi connectivity index (χ3v) is 10.1. The van der Waals surface area contributed by atoms with Crippen LogP contribution in [0.25, 0.3) is 0 Å². The van der Waals surface area contributed by atoms with Gasteiger partial charge < -0.3 is 10.0 Å². The standard InChI is InChI=1S/C25H21F8NO5S.C3H8/c26-16-2-1-3-17(13-16)40(38,39)22-10-11-34(20(35)8-9-21(36)37)19(22)7-4-14-12-15(5-6-18(14)22)23(27,24(28,29)30)25(31,32)33;1-3-2/h1-3,5-6,12-13,19H,4,7-11H2,(H,36,37);3H2,1-2H3. The normalized spacial score (nSPS) is 20.5. The second-order valence-corrected chi connectivity index (χ2v) is 12.6. The molecule has 1 aliphatic carbocycles. The highest BCUT2D eigenvalue weighted by atomic mass is 32.2. The summed E-state index contributed by atoms with van der Waals surface area (Å²) in [5.41, 5.74) is -8.06. The lowest BCUT2D eigenvalue weighted by Gasteiger charge is -2.43. The van der Waals surface area contributed by atoms with E-state index in [0.717, 1.165) is 23.1 Å². The zero-order valence-corrected chi connectivity index (χ0v) is 23.8. The number of rotatable bonds is 6. The number of fused-ring (bicyclic) bond motifs is 3. The molecule has 1 fully saturated rings. The van der Waals surface area contributed by atoms with Crippen LogP contribution in [0.2, 0.25) is 0 Å². The minimum absolute atomic E-state index is 0.222. The highest BCUT2D eigenvalue weighted by Crippen LogP contribution is 2.56. The highest BCUT2D eigenvalue weighted by molar-refractivity contribution is 7.92. The number of carboxylic acid groups (broad SMARTS) is 1. The van der Waals surface area contributed by atoms with Crippen LogP contribution in [0, 0.1) is 5.82 Å². The van der Waals surface area contributed by atoms with Crippen LogP contribution in [0.5, 0.6) is 0 Å². The smallest absolute Gasteiger partial charge is 0.435 e. The fourth-order valence-electron chi connectivity index (χ4n) is 5.73. The first-order valence-electron chi connectivity index (χ1n) is 13.3. The lowest BCUT2D eigenvalue weighted by Crippen LogP contribution is -2.53. The molecule has 0 bridgehead atoms. The number of carbonyl (C=O) groups is 2. The maximum atomic E-state index is 14.8. The molecule has 0 spiro atoms. The first-order chi connectivity index (χ1) is 19.8. The van der Waals surface area contributed by atoms with Gasteiger partial charge in [0, 0.05) is 18.5 Å². The second-order valence-electron chi connectivity index (χ2n) is 10.4. The summed E-state index contributed by atoms with van der Waals surface area (Å²) < 4.78 is 135. The molecule has 0 aromatic heterocycles. The van der Waals surface area contributed by atoms with Crippen molar-refractivity contribution in [2.45, 2.75) is 86.1 Å². The molecule has 1 aliphatic heterocycles. The average molecular weight is 644 g/mol. The van der Waals surface area contributed by atoms with E-state index in [2.05, 4.69) is 13.8 Å². The first-order valence-corrected chi connectivity index (χ1v) is 14.8. The van der Waals surface area contributed by atoms with Crippen LogP contribution in [0.4, 0.5) is 35.1 Å². The van der Waals surface area contributed by atoms with Gasteiger partial charge in [0.05, 0.1) is 17.4 Å². The van der Waals surface area contributed by atoms with Crippen LogP contribution in [-0.4, -0.2) is 55.2 Å².